The van der Waals surface area contributed by atoms with Crippen LogP contribution in [-0.2, 0) is 10.0 Å². The Labute approximate surface area is 187 Å². The van der Waals surface area contributed by atoms with Gasteiger partial charge in [0.25, 0.3) is 10.0 Å². The third-order valence-corrected chi connectivity index (χ3v) is 7.22. The van der Waals surface area contributed by atoms with E-state index in [4.69, 9.17) is 0 Å². The van der Waals surface area contributed by atoms with Crippen LogP contribution >= 0.6 is 15.9 Å². The molecule has 0 radical (unpaired) electrons. The third kappa shape index (κ3) is 3.80. The summed E-state index contributed by atoms with van der Waals surface area (Å²) in [6, 6.07) is 20.3. The van der Waals surface area contributed by atoms with E-state index in [9.17, 15) is 23.1 Å². The van der Waals surface area contributed by atoms with Crippen LogP contribution in [0.15, 0.2) is 93.9 Å². The van der Waals surface area contributed by atoms with E-state index in [1.54, 1.807) is 60.7 Å². The first kappa shape index (κ1) is 21.0. The Bertz CT molecular complexity index is 1320. The van der Waals surface area contributed by atoms with Crippen LogP contribution in [0.25, 0.3) is 5.76 Å². The van der Waals surface area contributed by atoms with Crippen LogP contribution in [0.2, 0.25) is 0 Å². The van der Waals surface area contributed by atoms with Gasteiger partial charge in [-0.1, -0.05) is 70.5 Å². The summed E-state index contributed by atoms with van der Waals surface area (Å²) >= 11 is 3.29. The predicted octanol–water partition coefficient (Wildman–Crippen LogP) is 4.45. The van der Waals surface area contributed by atoms with E-state index in [0.717, 1.165) is 4.47 Å². The normalized spacial score (nSPS) is 16.5. The number of aliphatic hydroxyl groups is 1. The molecule has 0 aromatic heterocycles. The first-order valence-corrected chi connectivity index (χ1v) is 11.5. The molecule has 0 aliphatic carbocycles. The monoisotopic (exact) mass is 497 g/mol. The lowest BCUT2D eigenvalue weighted by Gasteiger charge is -2.31. The number of ketones is 2. The van der Waals surface area contributed by atoms with E-state index in [1.807, 2.05) is 0 Å². The summed E-state index contributed by atoms with van der Waals surface area (Å²) in [6.45, 7) is -0.629. The lowest BCUT2D eigenvalue weighted by molar-refractivity contribution is 0.0952. The van der Waals surface area contributed by atoms with Gasteiger partial charge in [-0.05, 0) is 24.3 Å². The number of hydrogen-bond acceptors (Lipinski definition) is 5. The van der Waals surface area contributed by atoms with Crippen LogP contribution in [0.3, 0.4) is 0 Å². The Balaban J connectivity index is 1.89. The molecular weight excluding hydrogens is 482 g/mol. The topological polar surface area (TPSA) is 91.8 Å². The highest BCUT2D eigenvalue weighted by Crippen LogP contribution is 2.35. The average molecular weight is 498 g/mol. The van der Waals surface area contributed by atoms with Gasteiger partial charge in [-0.3, -0.25) is 13.9 Å². The van der Waals surface area contributed by atoms with Crippen LogP contribution in [0.4, 0.5) is 0 Å². The van der Waals surface area contributed by atoms with Gasteiger partial charge in [-0.25, -0.2) is 8.42 Å². The Hall–Kier alpha value is -3.23. The molecule has 0 bridgehead atoms. The van der Waals surface area contributed by atoms with Crippen LogP contribution in [0, 0.1) is 0 Å². The van der Waals surface area contributed by atoms with Gasteiger partial charge in [0.2, 0.25) is 5.78 Å². The molecule has 3 aromatic carbocycles. The van der Waals surface area contributed by atoms with Crippen molar-refractivity contribution in [3.8, 4) is 0 Å². The first-order chi connectivity index (χ1) is 14.8. The van der Waals surface area contributed by atoms with Gasteiger partial charge in [-0.15, -0.1) is 0 Å². The van der Waals surface area contributed by atoms with E-state index in [1.165, 1.54) is 18.2 Å². The van der Waals surface area contributed by atoms with Crippen LogP contribution < -0.4 is 0 Å². The number of nitrogens with zero attached hydrogens (tertiary/aromatic N) is 1. The number of halogens is 1. The maximum absolute atomic E-state index is 13.4. The molecule has 8 heteroatoms. The largest absolute Gasteiger partial charge is 0.505 e. The number of sulfonamides is 1. The number of fused-ring (bicyclic) bond motifs is 1. The van der Waals surface area contributed by atoms with E-state index >= 15 is 0 Å². The number of carbonyl (C=O) groups is 2. The zero-order valence-corrected chi connectivity index (χ0v) is 18.4. The summed E-state index contributed by atoms with van der Waals surface area (Å²) in [5.74, 6) is -1.69. The molecule has 3 aromatic rings. The molecule has 1 heterocycles. The predicted molar refractivity (Wildman–Crippen MR) is 119 cm³/mol. The minimum Gasteiger partial charge on any atom is -0.505 e. The minimum atomic E-state index is -4.26. The smallest absolute Gasteiger partial charge is 0.265 e. The molecule has 0 saturated carbocycles. The fraction of sp³-hybridized carbons (Fsp3) is 0.0435. The van der Waals surface area contributed by atoms with Crippen molar-refractivity contribution in [2.45, 2.75) is 4.90 Å². The van der Waals surface area contributed by atoms with Crippen molar-refractivity contribution < 1.29 is 23.1 Å². The maximum Gasteiger partial charge on any atom is 0.265 e. The minimum absolute atomic E-state index is 0.0488. The van der Waals surface area contributed by atoms with E-state index < -0.39 is 39.6 Å². The van der Waals surface area contributed by atoms with Crippen molar-refractivity contribution in [1.82, 2.24) is 4.31 Å². The van der Waals surface area contributed by atoms with Crippen molar-refractivity contribution in [2.75, 3.05) is 6.54 Å². The Kier molecular flexibility index (Phi) is 5.51. The summed E-state index contributed by atoms with van der Waals surface area (Å²) in [5, 5.41) is 10.9. The second-order valence-corrected chi connectivity index (χ2v) is 9.58. The Morgan fingerprint density at radius 3 is 2.16 bits per heavy atom. The van der Waals surface area contributed by atoms with Crippen molar-refractivity contribution >= 4 is 43.3 Å². The molecule has 6 nitrogen and oxygen atoms in total. The highest BCUT2D eigenvalue weighted by atomic mass is 79.9. The summed E-state index contributed by atoms with van der Waals surface area (Å²) in [6.07, 6.45) is 0. The number of aliphatic hydroxyl groups excluding tert-OH is 1. The summed E-state index contributed by atoms with van der Waals surface area (Å²) < 4.78 is 28.2. The molecule has 4 rings (SSSR count). The standard InChI is InChI=1S/C23H16BrNO5S/c24-17-12-10-15(11-13-17)19(26)14-25-21(22(27)16-6-2-1-3-7-16)23(28)18-8-4-5-9-20(18)31(25,29)30/h1-13,27H,14H2/b22-21-. The van der Waals surface area contributed by atoms with Gasteiger partial charge in [0.1, 0.15) is 5.70 Å². The molecule has 0 saturated heterocycles. The molecule has 0 amide bonds. The van der Waals surface area contributed by atoms with Crippen molar-refractivity contribution in [3.63, 3.8) is 0 Å². The van der Waals surface area contributed by atoms with Gasteiger partial charge in [0.15, 0.2) is 11.5 Å². The maximum atomic E-state index is 13.4. The number of carbonyl (C=O) groups excluding carboxylic acids is 2. The molecule has 31 heavy (non-hydrogen) atoms. The molecular formula is C23H16BrNO5S. The van der Waals surface area contributed by atoms with Crippen LogP contribution in [0.1, 0.15) is 26.3 Å². The lowest BCUT2D eigenvalue weighted by Crippen LogP contribution is -2.42. The van der Waals surface area contributed by atoms with Gasteiger partial charge in [-0.2, -0.15) is 0 Å². The molecule has 156 valence electrons. The molecule has 1 aliphatic heterocycles. The Morgan fingerprint density at radius 2 is 1.48 bits per heavy atom. The van der Waals surface area contributed by atoms with Gasteiger partial charge in [0.05, 0.1) is 11.4 Å². The van der Waals surface area contributed by atoms with E-state index in [2.05, 4.69) is 15.9 Å². The number of allylic oxidation sites excluding steroid dienone is 1. The van der Waals surface area contributed by atoms with E-state index in [0.29, 0.717) is 4.31 Å². The second kappa shape index (κ2) is 8.13. The molecule has 0 spiro atoms. The number of rotatable bonds is 4. The lowest BCUT2D eigenvalue weighted by atomic mass is 10.0. The van der Waals surface area contributed by atoms with Gasteiger partial charge in [0, 0.05) is 21.2 Å². The zero-order valence-electron chi connectivity index (χ0n) is 16.0. The highest BCUT2D eigenvalue weighted by Gasteiger charge is 2.42. The number of benzene rings is 3. The summed E-state index contributed by atoms with van der Waals surface area (Å²) in [5.41, 5.74) is 0.0486. The first-order valence-electron chi connectivity index (χ1n) is 9.24. The number of Topliss-reactive ketones (excluding diaryl/α,β-unsaturated/α-hetero) is 2. The quantitative estimate of drug-likeness (QED) is 0.326. The average Bonchev–Trinajstić information content (AvgIpc) is 2.78. The SMILES string of the molecule is O=C(CN1/C(=C(\O)c2ccccc2)C(=O)c2ccccc2S1(=O)=O)c1ccc(Br)cc1. The second-order valence-electron chi connectivity index (χ2n) is 6.83. The van der Waals surface area contributed by atoms with Crippen LogP contribution in [0.5, 0.6) is 0 Å². The molecule has 0 unspecified atom stereocenters. The summed E-state index contributed by atoms with van der Waals surface area (Å²) in [7, 11) is -4.26. The van der Waals surface area contributed by atoms with E-state index in [-0.39, 0.29) is 21.6 Å². The molecule has 1 aliphatic rings. The highest BCUT2D eigenvalue weighted by molar-refractivity contribution is 9.10. The van der Waals surface area contributed by atoms with Gasteiger partial charge >= 0.3 is 0 Å². The molecule has 0 fully saturated rings. The van der Waals surface area contributed by atoms with Crippen molar-refractivity contribution in [1.29, 1.82) is 0 Å². The van der Waals surface area contributed by atoms with Crippen molar-refractivity contribution in [3.05, 3.63) is 106 Å². The fourth-order valence-electron chi connectivity index (χ4n) is 3.34. The Morgan fingerprint density at radius 1 is 0.871 bits per heavy atom. The molecule has 0 atom stereocenters. The van der Waals surface area contributed by atoms with Gasteiger partial charge < -0.3 is 5.11 Å². The molecule has 1 N–H and O–H groups in total. The van der Waals surface area contributed by atoms with Crippen molar-refractivity contribution in [2.24, 2.45) is 0 Å². The zero-order chi connectivity index (χ0) is 22.2. The fourth-order valence-corrected chi connectivity index (χ4v) is 5.23. The van der Waals surface area contributed by atoms with Crippen LogP contribution in [-0.4, -0.2) is 35.9 Å². The third-order valence-electron chi connectivity index (χ3n) is 4.89. The summed E-state index contributed by atoms with van der Waals surface area (Å²) in [4.78, 5) is 25.9. The number of hydrogen-bond donors (Lipinski definition) is 1.